The van der Waals surface area contributed by atoms with E-state index < -0.39 is 11.8 Å². The van der Waals surface area contributed by atoms with Crippen molar-refractivity contribution in [1.82, 2.24) is 5.32 Å². The molecule has 0 spiro atoms. The fraction of sp³-hybridized carbons (Fsp3) is 0.300. The summed E-state index contributed by atoms with van der Waals surface area (Å²) in [7, 11) is 0. The normalized spacial score (nSPS) is 14.7. The van der Waals surface area contributed by atoms with Gasteiger partial charge in [-0.25, -0.2) is 9.18 Å². The van der Waals surface area contributed by atoms with E-state index in [1.165, 1.54) is 12.1 Å². The van der Waals surface area contributed by atoms with Gasteiger partial charge in [-0.15, -0.1) is 0 Å². The molecule has 1 aliphatic carbocycles. The lowest BCUT2D eigenvalue weighted by atomic mass is 10.3. The van der Waals surface area contributed by atoms with E-state index in [9.17, 15) is 14.4 Å². The molecular formula is C10H10ClFN2O2. The molecule has 1 aromatic rings. The van der Waals surface area contributed by atoms with Crippen molar-refractivity contribution < 1.29 is 14.4 Å². The molecule has 2 rings (SSSR count). The van der Waals surface area contributed by atoms with Crippen LogP contribution >= 0.6 is 11.6 Å². The Kier molecular flexibility index (Phi) is 2.98. The molecular weight excluding hydrogens is 235 g/mol. The molecule has 1 aliphatic rings. The van der Waals surface area contributed by atoms with Crippen LogP contribution in [0.15, 0.2) is 18.2 Å². The largest absolute Gasteiger partial charge is 0.346 e. The minimum Gasteiger partial charge on any atom is -0.333 e. The average Bonchev–Trinajstić information content (AvgIpc) is 3.04. The second-order valence-corrected chi connectivity index (χ2v) is 4.07. The number of halogens is 2. The van der Waals surface area contributed by atoms with Gasteiger partial charge in [0.1, 0.15) is 11.5 Å². The van der Waals surface area contributed by atoms with Gasteiger partial charge in [0.2, 0.25) is 0 Å². The van der Waals surface area contributed by atoms with Crippen LogP contribution in [0, 0.1) is 5.82 Å². The predicted molar refractivity (Wildman–Crippen MR) is 57.2 cm³/mol. The summed E-state index contributed by atoms with van der Waals surface area (Å²) < 4.78 is 13.3. The number of hydrogen-bond acceptors (Lipinski definition) is 2. The minimum absolute atomic E-state index is 0.0874. The van der Waals surface area contributed by atoms with Crippen LogP contribution in [0.2, 0.25) is 5.02 Å². The molecule has 2 amide bonds. The van der Waals surface area contributed by atoms with Gasteiger partial charge in [-0.2, -0.15) is 5.06 Å². The van der Waals surface area contributed by atoms with Crippen LogP contribution in [0.3, 0.4) is 0 Å². The molecule has 86 valence electrons. The first kappa shape index (κ1) is 11.2. The van der Waals surface area contributed by atoms with E-state index in [0.29, 0.717) is 0 Å². The summed E-state index contributed by atoms with van der Waals surface area (Å²) in [5, 5.41) is 12.5. The van der Waals surface area contributed by atoms with Crippen molar-refractivity contribution in [2.75, 3.05) is 5.06 Å². The maximum atomic E-state index is 13.3. The number of carbonyl (C=O) groups excluding carboxylic acids is 1. The molecule has 0 radical (unpaired) electrons. The van der Waals surface area contributed by atoms with Crippen LogP contribution < -0.4 is 10.4 Å². The quantitative estimate of drug-likeness (QED) is 0.621. The number of hydroxylamine groups is 1. The van der Waals surface area contributed by atoms with E-state index in [-0.39, 0.29) is 21.8 Å². The Morgan fingerprint density at radius 1 is 1.56 bits per heavy atom. The van der Waals surface area contributed by atoms with Gasteiger partial charge in [-0.3, -0.25) is 5.21 Å². The molecule has 0 unspecified atom stereocenters. The maximum Gasteiger partial charge on any atom is 0.346 e. The summed E-state index contributed by atoms with van der Waals surface area (Å²) >= 11 is 5.65. The fourth-order valence-electron chi connectivity index (χ4n) is 1.22. The Morgan fingerprint density at radius 3 is 2.88 bits per heavy atom. The Hall–Kier alpha value is -1.33. The van der Waals surface area contributed by atoms with Gasteiger partial charge in [0.05, 0.1) is 0 Å². The van der Waals surface area contributed by atoms with E-state index in [0.717, 1.165) is 18.9 Å². The number of urea groups is 1. The van der Waals surface area contributed by atoms with Crippen LogP contribution in [0.4, 0.5) is 14.9 Å². The zero-order valence-electron chi connectivity index (χ0n) is 8.28. The first-order valence-corrected chi connectivity index (χ1v) is 5.20. The minimum atomic E-state index is -0.747. The Morgan fingerprint density at radius 2 is 2.25 bits per heavy atom. The lowest BCUT2D eigenvalue weighted by Crippen LogP contribution is -2.39. The van der Waals surface area contributed by atoms with Crippen molar-refractivity contribution in [3.05, 3.63) is 29.0 Å². The van der Waals surface area contributed by atoms with E-state index in [1.54, 1.807) is 0 Å². The van der Waals surface area contributed by atoms with Gasteiger partial charge >= 0.3 is 6.03 Å². The molecule has 16 heavy (non-hydrogen) atoms. The summed E-state index contributed by atoms with van der Waals surface area (Å²) in [6.07, 6.45) is 1.77. The van der Waals surface area contributed by atoms with Gasteiger partial charge in [0.25, 0.3) is 0 Å². The van der Waals surface area contributed by atoms with Gasteiger partial charge in [-0.05, 0) is 31.0 Å². The summed E-state index contributed by atoms with van der Waals surface area (Å²) in [4.78, 5) is 11.4. The fourth-order valence-corrected chi connectivity index (χ4v) is 1.39. The Labute approximate surface area is 96.6 Å². The van der Waals surface area contributed by atoms with Crippen LogP contribution in [0.25, 0.3) is 0 Å². The molecule has 2 N–H and O–H groups in total. The monoisotopic (exact) mass is 244 g/mol. The second kappa shape index (κ2) is 4.27. The highest BCUT2D eigenvalue weighted by atomic mass is 35.5. The molecule has 1 saturated carbocycles. The van der Waals surface area contributed by atoms with Gasteiger partial charge < -0.3 is 5.32 Å². The van der Waals surface area contributed by atoms with Crippen molar-refractivity contribution in [2.45, 2.75) is 18.9 Å². The SMILES string of the molecule is O=C(NC1CC1)N(O)c1cc(Cl)ccc1F. The number of benzene rings is 1. The molecule has 0 saturated heterocycles. The number of amides is 2. The van der Waals surface area contributed by atoms with Crippen molar-refractivity contribution in [3.63, 3.8) is 0 Å². The maximum absolute atomic E-state index is 13.3. The number of hydrogen-bond donors (Lipinski definition) is 2. The molecule has 6 heteroatoms. The predicted octanol–water partition coefficient (Wildman–Crippen LogP) is 2.55. The van der Waals surface area contributed by atoms with Gasteiger partial charge in [0.15, 0.2) is 0 Å². The van der Waals surface area contributed by atoms with Crippen molar-refractivity contribution in [3.8, 4) is 0 Å². The number of anilines is 1. The highest BCUT2D eigenvalue weighted by Gasteiger charge is 2.27. The zero-order valence-corrected chi connectivity index (χ0v) is 9.04. The average molecular weight is 245 g/mol. The first-order chi connectivity index (χ1) is 7.58. The Balaban J connectivity index is 2.14. The molecule has 4 nitrogen and oxygen atoms in total. The lowest BCUT2D eigenvalue weighted by molar-refractivity contribution is 0.203. The first-order valence-electron chi connectivity index (χ1n) is 4.82. The molecule has 0 aliphatic heterocycles. The van der Waals surface area contributed by atoms with Gasteiger partial charge in [-0.1, -0.05) is 11.6 Å². The van der Waals surface area contributed by atoms with Crippen LogP contribution in [0.5, 0.6) is 0 Å². The Bertz CT molecular complexity index is 423. The summed E-state index contributed by atoms with van der Waals surface area (Å²) in [5.74, 6) is -0.710. The van der Waals surface area contributed by atoms with Crippen molar-refractivity contribution in [1.29, 1.82) is 0 Å². The molecule has 1 fully saturated rings. The molecule has 0 heterocycles. The smallest absolute Gasteiger partial charge is 0.333 e. The van der Waals surface area contributed by atoms with Crippen LogP contribution in [-0.4, -0.2) is 17.3 Å². The van der Waals surface area contributed by atoms with E-state index >= 15 is 0 Å². The lowest BCUT2D eigenvalue weighted by Gasteiger charge is -2.16. The van der Waals surface area contributed by atoms with E-state index in [4.69, 9.17) is 11.6 Å². The third-order valence-corrected chi connectivity index (χ3v) is 2.47. The summed E-state index contributed by atoms with van der Waals surface area (Å²) in [5.41, 5.74) is -0.259. The molecule has 0 atom stereocenters. The summed E-state index contributed by atoms with van der Waals surface area (Å²) in [6, 6.07) is 2.95. The third-order valence-electron chi connectivity index (χ3n) is 2.23. The highest BCUT2D eigenvalue weighted by Crippen LogP contribution is 2.24. The molecule has 0 aromatic heterocycles. The topological polar surface area (TPSA) is 52.6 Å². The summed E-state index contributed by atoms with van der Waals surface area (Å²) in [6.45, 7) is 0. The third kappa shape index (κ3) is 2.43. The molecule has 0 bridgehead atoms. The highest BCUT2D eigenvalue weighted by molar-refractivity contribution is 6.30. The standard InChI is InChI=1S/C10H10ClFN2O2/c11-6-1-4-8(12)9(5-6)14(16)10(15)13-7-2-3-7/h1,4-5,7,16H,2-3H2,(H,13,15). The van der Waals surface area contributed by atoms with E-state index in [2.05, 4.69) is 5.32 Å². The van der Waals surface area contributed by atoms with Crippen molar-refractivity contribution >= 4 is 23.3 Å². The number of nitrogens with one attached hydrogen (secondary N) is 1. The number of carbonyl (C=O) groups is 1. The number of nitrogens with zero attached hydrogens (tertiary/aromatic N) is 1. The zero-order chi connectivity index (χ0) is 11.7. The van der Waals surface area contributed by atoms with Crippen LogP contribution in [0.1, 0.15) is 12.8 Å². The van der Waals surface area contributed by atoms with Gasteiger partial charge in [0, 0.05) is 11.1 Å². The number of rotatable bonds is 2. The van der Waals surface area contributed by atoms with E-state index in [1.807, 2.05) is 0 Å². The van der Waals surface area contributed by atoms with Crippen molar-refractivity contribution in [2.24, 2.45) is 0 Å². The second-order valence-electron chi connectivity index (χ2n) is 3.63. The molecule has 1 aromatic carbocycles. The van der Waals surface area contributed by atoms with Crippen LogP contribution in [-0.2, 0) is 0 Å².